The summed E-state index contributed by atoms with van der Waals surface area (Å²) in [7, 11) is 0. The van der Waals surface area contributed by atoms with E-state index >= 15 is 0 Å². The predicted octanol–water partition coefficient (Wildman–Crippen LogP) is 4.22. The lowest BCUT2D eigenvalue weighted by Crippen LogP contribution is -2.16. The summed E-state index contributed by atoms with van der Waals surface area (Å²) < 4.78 is 20.3. The number of nitrogens with zero attached hydrogens (tertiary/aromatic N) is 3. The standard InChI is InChI=1S/C17H16ClFN4OS/c1-11(12-6-2-3-7-13(12)18)25-17-22-21-16(23(17)20)10-24-15-9-5-4-8-14(15)19/h2-9,11H,10,20H2,1H3/t11-/m0/s1. The molecule has 0 aliphatic rings. The molecule has 2 N–H and O–H groups in total. The molecule has 1 aromatic heterocycles. The Morgan fingerprint density at radius 3 is 2.68 bits per heavy atom. The molecule has 5 nitrogen and oxygen atoms in total. The van der Waals surface area contributed by atoms with Crippen molar-refractivity contribution in [3.63, 3.8) is 0 Å². The monoisotopic (exact) mass is 378 g/mol. The van der Waals surface area contributed by atoms with Gasteiger partial charge in [0.25, 0.3) is 0 Å². The highest BCUT2D eigenvalue weighted by Gasteiger charge is 2.17. The smallest absolute Gasteiger partial charge is 0.210 e. The Kier molecular flexibility index (Phi) is 5.45. The second-order valence-electron chi connectivity index (χ2n) is 5.27. The highest BCUT2D eigenvalue weighted by atomic mass is 35.5. The van der Waals surface area contributed by atoms with E-state index in [9.17, 15) is 4.39 Å². The molecule has 0 aliphatic carbocycles. The van der Waals surface area contributed by atoms with Gasteiger partial charge in [0.2, 0.25) is 5.16 Å². The van der Waals surface area contributed by atoms with E-state index in [4.69, 9.17) is 22.2 Å². The van der Waals surface area contributed by atoms with Crippen LogP contribution in [0, 0.1) is 5.82 Å². The first-order valence-corrected chi connectivity index (χ1v) is 8.80. The maximum absolute atomic E-state index is 13.6. The van der Waals surface area contributed by atoms with Gasteiger partial charge >= 0.3 is 0 Å². The number of hydrogen-bond donors (Lipinski definition) is 1. The van der Waals surface area contributed by atoms with Gasteiger partial charge in [0.15, 0.2) is 17.4 Å². The van der Waals surface area contributed by atoms with Gasteiger partial charge in [0, 0.05) is 10.3 Å². The van der Waals surface area contributed by atoms with Crippen molar-refractivity contribution in [2.24, 2.45) is 0 Å². The second-order valence-corrected chi connectivity index (χ2v) is 6.98. The van der Waals surface area contributed by atoms with Gasteiger partial charge < -0.3 is 10.6 Å². The third kappa shape index (κ3) is 4.05. The largest absolute Gasteiger partial charge is 0.482 e. The fourth-order valence-electron chi connectivity index (χ4n) is 2.22. The van der Waals surface area contributed by atoms with Crippen LogP contribution in [0.25, 0.3) is 0 Å². The molecule has 3 rings (SSSR count). The van der Waals surface area contributed by atoms with E-state index in [0.717, 1.165) is 5.56 Å². The summed E-state index contributed by atoms with van der Waals surface area (Å²) in [6.07, 6.45) is 0. The van der Waals surface area contributed by atoms with Gasteiger partial charge in [-0.2, -0.15) is 0 Å². The average Bonchev–Trinajstić information content (AvgIpc) is 2.94. The highest BCUT2D eigenvalue weighted by molar-refractivity contribution is 7.99. The molecule has 0 bridgehead atoms. The molecule has 1 heterocycles. The number of aromatic nitrogens is 3. The molecule has 8 heteroatoms. The number of rotatable bonds is 6. The van der Waals surface area contributed by atoms with Crippen LogP contribution < -0.4 is 10.6 Å². The van der Waals surface area contributed by atoms with Crippen LogP contribution in [0.3, 0.4) is 0 Å². The SMILES string of the molecule is C[C@H](Sc1nnc(COc2ccccc2F)n1N)c1ccccc1Cl. The number of hydrogen-bond acceptors (Lipinski definition) is 5. The lowest BCUT2D eigenvalue weighted by atomic mass is 10.2. The molecule has 0 radical (unpaired) electrons. The number of thioether (sulfide) groups is 1. The van der Waals surface area contributed by atoms with Gasteiger partial charge in [-0.15, -0.1) is 10.2 Å². The molecular formula is C17H16ClFN4OS. The Bertz CT molecular complexity index is 873. The molecule has 3 aromatic rings. The molecule has 0 saturated carbocycles. The topological polar surface area (TPSA) is 66.0 Å². The Balaban J connectivity index is 1.69. The van der Waals surface area contributed by atoms with Gasteiger partial charge in [0.05, 0.1) is 0 Å². The average molecular weight is 379 g/mol. The first-order valence-electron chi connectivity index (χ1n) is 7.54. The first kappa shape index (κ1) is 17.6. The Labute approximate surface area is 153 Å². The maximum atomic E-state index is 13.6. The van der Waals surface area contributed by atoms with Crippen LogP contribution in [0.15, 0.2) is 53.7 Å². The van der Waals surface area contributed by atoms with Gasteiger partial charge in [-0.1, -0.05) is 53.7 Å². The van der Waals surface area contributed by atoms with Crippen LogP contribution in [0.4, 0.5) is 4.39 Å². The summed E-state index contributed by atoms with van der Waals surface area (Å²) in [5, 5.41) is 9.35. The molecule has 0 saturated heterocycles. The zero-order valence-corrected chi connectivity index (χ0v) is 15.0. The zero-order valence-electron chi connectivity index (χ0n) is 13.4. The van der Waals surface area contributed by atoms with Gasteiger partial charge in [-0.25, -0.2) is 9.07 Å². The van der Waals surface area contributed by atoms with Gasteiger partial charge in [-0.3, -0.25) is 0 Å². The normalized spacial score (nSPS) is 12.1. The third-order valence-electron chi connectivity index (χ3n) is 3.55. The number of benzene rings is 2. The summed E-state index contributed by atoms with van der Waals surface area (Å²) in [6.45, 7) is 2.03. The van der Waals surface area contributed by atoms with Crippen LogP contribution in [-0.4, -0.2) is 14.9 Å². The molecule has 0 spiro atoms. The minimum atomic E-state index is -0.437. The van der Waals surface area contributed by atoms with Crippen molar-refractivity contribution in [1.29, 1.82) is 0 Å². The molecule has 0 amide bonds. The van der Waals surface area contributed by atoms with E-state index in [-0.39, 0.29) is 17.6 Å². The minimum Gasteiger partial charge on any atom is -0.482 e. The Morgan fingerprint density at radius 2 is 1.92 bits per heavy atom. The van der Waals surface area contributed by atoms with Crippen molar-refractivity contribution in [3.8, 4) is 5.75 Å². The molecule has 0 fully saturated rings. The van der Waals surface area contributed by atoms with Crippen molar-refractivity contribution >= 4 is 23.4 Å². The van der Waals surface area contributed by atoms with E-state index in [1.807, 2.05) is 31.2 Å². The van der Waals surface area contributed by atoms with E-state index in [0.29, 0.717) is 16.0 Å². The van der Waals surface area contributed by atoms with Crippen LogP contribution in [-0.2, 0) is 6.61 Å². The summed E-state index contributed by atoms with van der Waals surface area (Å²) in [6, 6.07) is 13.8. The lowest BCUT2D eigenvalue weighted by molar-refractivity contribution is 0.277. The lowest BCUT2D eigenvalue weighted by Gasteiger charge is -2.12. The quantitative estimate of drug-likeness (QED) is 0.514. The molecule has 0 aliphatic heterocycles. The maximum Gasteiger partial charge on any atom is 0.210 e. The van der Waals surface area contributed by atoms with E-state index in [1.54, 1.807) is 18.2 Å². The number of nitrogen functional groups attached to an aromatic ring is 1. The fourth-order valence-corrected chi connectivity index (χ4v) is 3.54. The highest BCUT2D eigenvalue weighted by Crippen LogP contribution is 2.36. The van der Waals surface area contributed by atoms with Crippen molar-refractivity contribution < 1.29 is 9.13 Å². The van der Waals surface area contributed by atoms with E-state index < -0.39 is 5.82 Å². The zero-order chi connectivity index (χ0) is 17.8. The first-order chi connectivity index (χ1) is 12.1. The van der Waals surface area contributed by atoms with E-state index in [1.165, 1.54) is 22.5 Å². The number of halogens is 2. The molecule has 130 valence electrons. The van der Waals surface area contributed by atoms with Crippen LogP contribution in [0.1, 0.15) is 23.6 Å². The number of nitrogens with two attached hydrogens (primary N) is 1. The van der Waals surface area contributed by atoms with Crippen molar-refractivity contribution in [1.82, 2.24) is 14.9 Å². The molecular weight excluding hydrogens is 363 g/mol. The summed E-state index contributed by atoms with van der Waals surface area (Å²) in [4.78, 5) is 0. The summed E-state index contributed by atoms with van der Waals surface area (Å²) in [5.74, 6) is 6.14. The van der Waals surface area contributed by atoms with Crippen LogP contribution in [0.2, 0.25) is 5.02 Å². The Hall–Kier alpha value is -2.25. The van der Waals surface area contributed by atoms with Crippen molar-refractivity contribution in [2.75, 3.05) is 5.84 Å². The molecule has 2 aromatic carbocycles. The van der Waals surface area contributed by atoms with E-state index in [2.05, 4.69) is 10.2 Å². The van der Waals surface area contributed by atoms with Crippen molar-refractivity contribution in [2.45, 2.75) is 23.9 Å². The molecule has 0 unspecified atom stereocenters. The number of ether oxygens (including phenoxy) is 1. The van der Waals surface area contributed by atoms with Crippen LogP contribution >= 0.6 is 23.4 Å². The molecule has 1 atom stereocenters. The van der Waals surface area contributed by atoms with Gasteiger partial charge in [0.1, 0.15) is 6.61 Å². The second kappa shape index (κ2) is 7.76. The predicted molar refractivity (Wildman–Crippen MR) is 96.6 cm³/mol. The summed E-state index contributed by atoms with van der Waals surface area (Å²) in [5.41, 5.74) is 0.987. The molecule has 25 heavy (non-hydrogen) atoms. The summed E-state index contributed by atoms with van der Waals surface area (Å²) >= 11 is 7.65. The number of para-hydroxylation sites is 1. The van der Waals surface area contributed by atoms with Gasteiger partial charge in [-0.05, 0) is 30.7 Å². The fraction of sp³-hybridized carbons (Fsp3) is 0.176. The van der Waals surface area contributed by atoms with Crippen LogP contribution in [0.5, 0.6) is 5.75 Å². The minimum absolute atomic E-state index is 0.0193. The van der Waals surface area contributed by atoms with Crippen molar-refractivity contribution in [3.05, 3.63) is 70.8 Å². The Morgan fingerprint density at radius 1 is 1.20 bits per heavy atom. The third-order valence-corrected chi connectivity index (χ3v) is 4.99.